The average Bonchev–Trinajstić information content (AvgIpc) is 2.50. The Hall–Kier alpha value is -0.970. The Kier molecular flexibility index (Phi) is 4.00. The molecular formula is C12H12Cl2O4. The molecule has 98 valence electrons. The zero-order valence-corrected chi connectivity index (χ0v) is 11.2. The van der Waals surface area contributed by atoms with E-state index in [0.717, 1.165) is 0 Å². The summed E-state index contributed by atoms with van der Waals surface area (Å²) >= 11 is 12.1. The first kappa shape index (κ1) is 13.5. The van der Waals surface area contributed by atoms with Gasteiger partial charge in [-0.15, -0.1) is 0 Å². The predicted octanol–water partition coefficient (Wildman–Crippen LogP) is 2.48. The van der Waals surface area contributed by atoms with Gasteiger partial charge in [-0.1, -0.05) is 35.3 Å². The van der Waals surface area contributed by atoms with Crippen molar-refractivity contribution in [1.29, 1.82) is 0 Å². The number of benzene rings is 1. The van der Waals surface area contributed by atoms with Gasteiger partial charge in [0.25, 0.3) is 0 Å². The van der Waals surface area contributed by atoms with Crippen molar-refractivity contribution in [3.8, 4) is 5.75 Å². The largest absolute Gasteiger partial charge is 0.497 e. The molecule has 18 heavy (non-hydrogen) atoms. The van der Waals surface area contributed by atoms with Crippen molar-refractivity contribution in [1.82, 2.24) is 0 Å². The topological polar surface area (TPSA) is 44.8 Å². The van der Waals surface area contributed by atoms with E-state index in [1.807, 2.05) is 0 Å². The van der Waals surface area contributed by atoms with Crippen LogP contribution in [0.5, 0.6) is 5.75 Å². The summed E-state index contributed by atoms with van der Waals surface area (Å²) < 4.78 is 13.7. The van der Waals surface area contributed by atoms with E-state index in [4.69, 9.17) is 37.4 Å². The molecule has 1 aliphatic rings. The Morgan fingerprint density at radius 2 is 1.94 bits per heavy atom. The van der Waals surface area contributed by atoms with Crippen molar-refractivity contribution >= 4 is 29.2 Å². The average molecular weight is 291 g/mol. The second kappa shape index (κ2) is 5.34. The molecule has 6 heteroatoms. The lowest BCUT2D eigenvalue weighted by Crippen LogP contribution is -2.34. The maximum absolute atomic E-state index is 11.7. The van der Waals surface area contributed by atoms with Gasteiger partial charge in [0.05, 0.1) is 13.7 Å². The monoisotopic (exact) mass is 290 g/mol. The summed E-state index contributed by atoms with van der Waals surface area (Å²) in [4.78, 5) is 11.7. The molecular weight excluding hydrogens is 279 g/mol. The summed E-state index contributed by atoms with van der Waals surface area (Å²) in [6.07, 6.45) is -0.762. The van der Waals surface area contributed by atoms with Crippen LogP contribution in [-0.2, 0) is 14.3 Å². The zero-order chi connectivity index (χ0) is 13.2. The number of hydrogen-bond donors (Lipinski definition) is 0. The minimum Gasteiger partial charge on any atom is -0.497 e. The molecule has 0 aromatic heterocycles. The quantitative estimate of drug-likeness (QED) is 0.620. The number of carbonyl (C=O) groups is 1. The maximum Gasteiger partial charge on any atom is 0.345 e. The first-order valence-corrected chi connectivity index (χ1v) is 6.12. The molecule has 0 N–H and O–H groups in total. The van der Waals surface area contributed by atoms with E-state index in [-0.39, 0.29) is 13.2 Å². The molecule has 1 fully saturated rings. The second-order valence-corrected chi connectivity index (χ2v) is 5.17. The fourth-order valence-corrected chi connectivity index (χ4v) is 2.18. The van der Waals surface area contributed by atoms with Gasteiger partial charge >= 0.3 is 5.97 Å². The van der Waals surface area contributed by atoms with E-state index in [0.29, 0.717) is 11.3 Å². The van der Waals surface area contributed by atoms with E-state index < -0.39 is 16.4 Å². The Labute approximate surface area is 115 Å². The number of cyclic esters (lactones) is 1. The predicted molar refractivity (Wildman–Crippen MR) is 67.1 cm³/mol. The van der Waals surface area contributed by atoms with Crippen molar-refractivity contribution in [2.24, 2.45) is 0 Å². The van der Waals surface area contributed by atoms with Crippen LogP contribution in [0.2, 0.25) is 0 Å². The lowest BCUT2D eigenvalue weighted by atomic mass is 10.1. The number of methoxy groups -OCH3 is 1. The number of ether oxygens (including phenoxy) is 3. The molecule has 1 aliphatic heterocycles. The molecule has 1 aromatic carbocycles. The summed E-state index contributed by atoms with van der Waals surface area (Å²) in [6.45, 7) is 0.399. The van der Waals surface area contributed by atoms with E-state index in [9.17, 15) is 4.79 Å². The molecule has 1 aromatic rings. The third-order valence-electron chi connectivity index (χ3n) is 2.62. The van der Waals surface area contributed by atoms with Gasteiger partial charge in [-0.2, -0.15) is 0 Å². The Morgan fingerprint density at radius 3 is 2.56 bits per heavy atom. The Morgan fingerprint density at radius 1 is 1.28 bits per heavy atom. The van der Waals surface area contributed by atoms with Crippen LogP contribution in [0.15, 0.2) is 24.3 Å². The molecule has 0 spiro atoms. The minimum absolute atomic E-state index is 0.146. The summed E-state index contributed by atoms with van der Waals surface area (Å²) in [6, 6.07) is 7.00. The minimum atomic E-state index is -1.74. The van der Waals surface area contributed by atoms with Crippen LogP contribution in [0.1, 0.15) is 11.7 Å². The first-order chi connectivity index (χ1) is 8.55. The molecule has 1 heterocycles. The number of rotatable bonds is 2. The van der Waals surface area contributed by atoms with Gasteiger partial charge in [0.1, 0.15) is 18.5 Å². The molecule has 0 saturated carbocycles. The smallest absolute Gasteiger partial charge is 0.345 e. The lowest BCUT2D eigenvalue weighted by molar-refractivity contribution is -0.143. The number of carbonyl (C=O) groups excluding carboxylic acids is 1. The van der Waals surface area contributed by atoms with Crippen LogP contribution in [-0.4, -0.2) is 30.6 Å². The molecule has 1 atom stereocenters. The van der Waals surface area contributed by atoms with Crippen LogP contribution in [0.3, 0.4) is 0 Å². The van der Waals surface area contributed by atoms with E-state index in [1.165, 1.54) is 0 Å². The molecule has 0 aliphatic carbocycles. The molecule has 2 rings (SSSR count). The highest BCUT2D eigenvalue weighted by atomic mass is 35.5. The summed E-state index contributed by atoms with van der Waals surface area (Å²) in [5, 5.41) is 0. The number of hydrogen-bond acceptors (Lipinski definition) is 4. The number of halogens is 2. The first-order valence-electron chi connectivity index (χ1n) is 5.36. The van der Waals surface area contributed by atoms with Gasteiger partial charge in [-0.3, -0.25) is 0 Å². The number of alkyl halides is 2. The van der Waals surface area contributed by atoms with E-state index >= 15 is 0 Å². The third kappa shape index (κ3) is 2.55. The van der Waals surface area contributed by atoms with E-state index in [2.05, 4.69) is 0 Å². The maximum atomic E-state index is 11.7. The molecule has 0 radical (unpaired) electrons. The summed E-state index contributed by atoms with van der Waals surface area (Å²) in [5.74, 6) is 0.00819. The summed E-state index contributed by atoms with van der Waals surface area (Å²) in [7, 11) is 1.57. The van der Waals surface area contributed by atoms with Crippen molar-refractivity contribution in [3.63, 3.8) is 0 Å². The van der Waals surface area contributed by atoms with E-state index in [1.54, 1.807) is 31.4 Å². The van der Waals surface area contributed by atoms with Crippen LogP contribution in [0.25, 0.3) is 0 Å². The van der Waals surface area contributed by atoms with Crippen molar-refractivity contribution < 1.29 is 19.0 Å². The molecule has 1 unspecified atom stereocenters. The Bertz CT molecular complexity index is 430. The zero-order valence-electron chi connectivity index (χ0n) is 9.69. The summed E-state index contributed by atoms with van der Waals surface area (Å²) in [5.41, 5.74) is 0.694. The molecule has 4 nitrogen and oxygen atoms in total. The standard InChI is InChI=1S/C12H12Cl2O4/c1-16-9-4-2-8(3-5-9)10-12(13,14)11(15)18-7-6-17-10/h2-5,10H,6-7H2,1H3. The normalized spacial score (nSPS) is 23.1. The highest BCUT2D eigenvalue weighted by Crippen LogP contribution is 2.41. The van der Waals surface area contributed by atoms with Gasteiger partial charge < -0.3 is 14.2 Å². The lowest BCUT2D eigenvalue weighted by Gasteiger charge is -2.25. The number of esters is 1. The SMILES string of the molecule is COc1ccc(C2OCCOC(=O)C2(Cl)Cl)cc1. The van der Waals surface area contributed by atoms with Crippen LogP contribution < -0.4 is 4.74 Å². The van der Waals surface area contributed by atoms with Gasteiger partial charge in [0.15, 0.2) is 0 Å². The molecule has 0 amide bonds. The van der Waals surface area contributed by atoms with Crippen molar-refractivity contribution in [2.75, 3.05) is 20.3 Å². The highest BCUT2D eigenvalue weighted by Gasteiger charge is 2.47. The van der Waals surface area contributed by atoms with Crippen molar-refractivity contribution in [2.45, 2.75) is 10.4 Å². The van der Waals surface area contributed by atoms with Gasteiger partial charge in [0.2, 0.25) is 4.33 Å². The molecule has 0 bridgehead atoms. The fourth-order valence-electron chi connectivity index (χ4n) is 1.69. The van der Waals surface area contributed by atoms with Gasteiger partial charge in [-0.05, 0) is 17.7 Å². The van der Waals surface area contributed by atoms with Crippen LogP contribution in [0, 0.1) is 0 Å². The van der Waals surface area contributed by atoms with Gasteiger partial charge in [0, 0.05) is 0 Å². The van der Waals surface area contributed by atoms with Crippen LogP contribution >= 0.6 is 23.2 Å². The van der Waals surface area contributed by atoms with Crippen LogP contribution in [0.4, 0.5) is 0 Å². The van der Waals surface area contributed by atoms with Gasteiger partial charge in [-0.25, -0.2) is 4.79 Å². The third-order valence-corrected chi connectivity index (χ3v) is 3.33. The fraction of sp³-hybridized carbons (Fsp3) is 0.417. The Balaban J connectivity index is 2.30. The molecule has 1 saturated heterocycles. The second-order valence-electron chi connectivity index (χ2n) is 3.78. The van der Waals surface area contributed by atoms with Crippen molar-refractivity contribution in [3.05, 3.63) is 29.8 Å². The highest BCUT2D eigenvalue weighted by molar-refractivity contribution is 6.58.